The number of carbonyl (C=O) groups excluding carboxylic acids is 1. The molecule has 1 heterocycles. The van der Waals surface area contributed by atoms with Crippen molar-refractivity contribution in [1.29, 1.82) is 0 Å². The van der Waals surface area contributed by atoms with E-state index in [1.807, 2.05) is 0 Å². The van der Waals surface area contributed by atoms with Gasteiger partial charge in [-0.25, -0.2) is 0 Å². The van der Waals surface area contributed by atoms with Gasteiger partial charge in [-0.05, 0) is 26.7 Å². The Balaban J connectivity index is 2.08. The smallest absolute Gasteiger partial charge is 0.292 e. The molecule has 0 bridgehead atoms. The van der Waals surface area contributed by atoms with Crippen molar-refractivity contribution in [3.05, 3.63) is 11.7 Å². The number of carbonyl (C=O) groups is 1. The second kappa shape index (κ2) is 3.30. The summed E-state index contributed by atoms with van der Waals surface area (Å²) in [6, 6.07) is 0.283. The zero-order valence-electron chi connectivity index (χ0n) is 8.78. The zero-order valence-corrected chi connectivity index (χ0v) is 8.78. The number of hydrogen-bond donors (Lipinski definition) is 2. The molecule has 1 saturated carbocycles. The van der Waals surface area contributed by atoms with E-state index in [0.29, 0.717) is 0 Å². The Morgan fingerprint density at radius 2 is 2.27 bits per heavy atom. The minimum absolute atomic E-state index is 0.0513. The molecule has 1 aromatic rings. The molecule has 1 amide bonds. The molecule has 82 valence electrons. The quantitative estimate of drug-likeness (QED) is 0.740. The van der Waals surface area contributed by atoms with Gasteiger partial charge in [0, 0.05) is 6.04 Å². The molecule has 0 aliphatic heterocycles. The molecule has 15 heavy (non-hydrogen) atoms. The van der Waals surface area contributed by atoms with Crippen LogP contribution in [0.2, 0.25) is 0 Å². The Labute approximate surface area is 87.2 Å². The Bertz CT molecular complexity index is 376. The van der Waals surface area contributed by atoms with E-state index in [0.717, 1.165) is 12.8 Å². The monoisotopic (exact) mass is 210 g/mol. The van der Waals surface area contributed by atoms with E-state index in [9.17, 15) is 4.79 Å². The highest BCUT2D eigenvalue weighted by molar-refractivity contribution is 5.90. The fourth-order valence-corrected chi connectivity index (χ4v) is 1.06. The Morgan fingerprint density at radius 3 is 2.73 bits per heavy atom. The maximum Gasteiger partial charge on any atom is 0.292 e. The first-order valence-electron chi connectivity index (χ1n) is 4.91. The molecule has 1 fully saturated rings. The van der Waals surface area contributed by atoms with Gasteiger partial charge in [0.1, 0.15) is 0 Å². The number of nitrogens with one attached hydrogen (secondary N) is 1. The molecule has 0 radical (unpaired) electrons. The van der Waals surface area contributed by atoms with Crippen LogP contribution in [0.15, 0.2) is 4.52 Å². The zero-order chi connectivity index (χ0) is 11.1. The highest BCUT2D eigenvalue weighted by Crippen LogP contribution is 2.19. The van der Waals surface area contributed by atoms with Crippen LogP contribution in [-0.4, -0.2) is 22.1 Å². The summed E-state index contributed by atoms with van der Waals surface area (Å²) >= 11 is 0. The molecule has 0 atom stereocenters. The maximum absolute atomic E-state index is 11.5. The minimum Gasteiger partial charge on any atom is -0.346 e. The van der Waals surface area contributed by atoms with E-state index >= 15 is 0 Å². The first kappa shape index (κ1) is 10.1. The van der Waals surface area contributed by atoms with E-state index in [-0.39, 0.29) is 23.7 Å². The van der Waals surface area contributed by atoms with E-state index in [2.05, 4.69) is 15.5 Å². The Hall–Kier alpha value is -1.43. The van der Waals surface area contributed by atoms with Crippen molar-refractivity contribution in [2.75, 3.05) is 0 Å². The lowest BCUT2D eigenvalue weighted by Gasteiger charge is -2.10. The highest BCUT2D eigenvalue weighted by atomic mass is 16.5. The van der Waals surface area contributed by atoms with Crippen molar-refractivity contribution in [3.8, 4) is 0 Å². The average molecular weight is 210 g/mol. The molecule has 2 rings (SSSR count). The number of amides is 1. The van der Waals surface area contributed by atoms with Crippen molar-refractivity contribution in [2.45, 2.75) is 38.3 Å². The molecule has 1 aromatic heterocycles. The SMILES string of the molecule is CC(C)(N)c1nc(C(=O)NC2CC2)no1. The second-order valence-corrected chi connectivity index (χ2v) is 4.39. The van der Waals surface area contributed by atoms with Gasteiger partial charge in [0.15, 0.2) is 0 Å². The average Bonchev–Trinajstić information content (AvgIpc) is 2.80. The molecule has 0 spiro atoms. The molecule has 6 nitrogen and oxygen atoms in total. The molecule has 1 aliphatic rings. The third-order valence-corrected chi connectivity index (χ3v) is 2.09. The van der Waals surface area contributed by atoms with Crippen molar-refractivity contribution in [1.82, 2.24) is 15.5 Å². The van der Waals surface area contributed by atoms with Crippen molar-refractivity contribution in [2.24, 2.45) is 5.73 Å². The van der Waals surface area contributed by atoms with Gasteiger partial charge in [-0.2, -0.15) is 4.98 Å². The summed E-state index contributed by atoms with van der Waals surface area (Å²) < 4.78 is 4.91. The van der Waals surface area contributed by atoms with Gasteiger partial charge in [-0.3, -0.25) is 4.79 Å². The topological polar surface area (TPSA) is 94.0 Å². The lowest BCUT2D eigenvalue weighted by atomic mass is 10.1. The number of nitrogens with two attached hydrogens (primary N) is 1. The molecular formula is C9H14N4O2. The lowest BCUT2D eigenvalue weighted by Crippen LogP contribution is -2.30. The van der Waals surface area contributed by atoms with Crippen LogP contribution in [0.5, 0.6) is 0 Å². The summed E-state index contributed by atoms with van der Waals surface area (Å²) in [7, 11) is 0. The van der Waals surface area contributed by atoms with E-state index in [4.69, 9.17) is 10.3 Å². The van der Waals surface area contributed by atoms with Crippen molar-refractivity contribution < 1.29 is 9.32 Å². The van der Waals surface area contributed by atoms with Gasteiger partial charge in [-0.15, -0.1) is 0 Å². The second-order valence-electron chi connectivity index (χ2n) is 4.39. The van der Waals surface area contributed by atoms with Crippen LogP contribution in [-0.2, 0) is 5.54 Å². The first-order chi connectivity index (χ1) is 6.97. The lowest BCUT2D eigenvalue weighted by molar-refractivity contribution is 0.0937. The summed E-state index contributed by atoms with van der Waals surface area (Å²) in [5, 5.41) is 6.36. The largest absolute Gasteiger partial charge is 0.346 e. The minimum atomic E-state index is -0.717. The van der Waals surface area contributed by atoms with E-state index in [1.165, 1.54) is 0 Å². The van der Waals surface area contributed by atoms with Crippen LogP contribution in [0, 0.1) is 0 Å². The fraction of sp³-hybridized carbons (Fsp3) is 0.667. The van der Waals surface area contributed by atoms with Gasteiger partial charge in [-0.1, -0.05) is 5.16 Å². The first-order valence-corrected chi connectivity index (χ1v) is 4.91. The van der Waals surface area contributed by atoms with Gasteiger partial charge in [0.25, 0.3) is 11.7 Å². The van der Waals surface area contributed by atoms with Crippen LogP contribution >= 0.6 is 0 Å². The summed E-state index contributed by atoms with van der Waals surface area (Å²) in [5.74, 6) is 0.0237. The molecule has 0 aromatic carbocycles. The van der Waals surface area contributed by atoms with Gasteiger partial charge in [0.05, 0.1) is 5.54 Å². The van der Waals surface area contributed by atoms with Gasteiger partial charge in [0.2, 0.25) is 5.89 Å². The molecule has 3 N–H and O–H groups in total. The van der Waals surface area contributed by atoms with Crippen LogP contribution in [0.4, 0.5) is 0 Å². The number of rotatable bonds is 3. The Morgan fingerprint density at radius 1 is 1.60 bits per heavy atom. The number of hydrogen-bond acceptors (Lipinski definition) is 5. The van der Waals surface area contributed by atoms with Gasteiger partial charge >= 0.3 is 0 Å². The predicted octanol–water partition coefficient (Wildman–Crippen LogP) is 0.156. The summed E-state index contributed by atoms with van der Waals surface area (Å²) in [4.78, 5) is 15.4. The Kier molecular flexibility index (Phi) is 2.22. The van der Waals surface area contributed by atoms with Crippen LogP contribution in [0.25, 0.3) is 0 Å². The third-order valence-electron chi connectivity index (χ3n) is 2.09. The normalized spacial score (nSPS) is 16.5. The van der Waals surface area contributed by atoms with E-state index < -0.39 is 5.54 Å². The molecule has 6 heteroatoms. The van der Waals surface area contributed by atoms with Crippen LogP contribution < -0.4 is 11.1 Å². The van der Waals surface area contributed by atoms with Crippen LogP contribution in [0.1, 0.15) is 43.2 Å². The van der Waals surface area contributed by atoms with E-state index in [1.54, 1.807) is 13.8 Å². The molecular weight excluding hydrogens is 196 g/mol. The van der Waals surface area contributed by atoms with Crippen molar-refractivity contribution in [3.63, 3.8) is 0 Å². The van der Waals surface area contributed by atoms with Crippen LogP contribution in [0.3, 0.4) is 0 Å². The standard InChI is InChI=1S/C9H14N4O2/c1-9(2,10)8-12-6(13-15-8)7(14)11-5-3-4-5/h5H,3-4,10H2,1-2H3,(H,11,14). The number of aromatic nitrogens is 2. The summed E-state index contributed by atoms with van der Waals surface area (Å²) in [6.07, 6.45) is 2.05. The summed E-state index contributed by atoms with van der Waals surface area (Å²) in [5.41, 5.74) is 5.04. The highest BCUT2D eigenvalue weighted by Gasteiger charge is 2.28. The summed E-state index contributed by atoms with van der Waals surface area (Å²) in [6.45, 7) is 3.48. The van der Waals surface area contributed by atoms with Gasteiger partial charge < -0.3 is 15.6 Å². The molecule has 0 saturated heterocycles. The number of nitrogens with zero attached hydrogens (tertiary/aromatic N) is 2. The molecule has 0 unspecified atom stereocenters. The third kappa shape index (κ3) is 2.33. The fourth-order valence-electron chi connectivity index (χ4n) is 1.06. The predicted molar refractivity (Wildman–Crippen MR) is 52.0 cm³/mol. The van der Waals surface area contributed by atoms with Crippen molar-refractivity contribution >= 4 is 5.91 Å². The maximum atomic E-state index is 11.5. The molecule has 1 aliphatic carbocycles.